The lowest BCUT2D eigenvalue weighted by atomic mass is 9.90. The minimum atomic E-state index is -3.79. The van der Waals surface area contributed by atoms with E-state index in [0.29, 0.717) is 19.4 Å². The number of nitrogens with one attached hydrogen (secondary N) is 1. The highest BCUT2D eigenvalue weighted by Gasteiger charge is 2.33. The van der Waals surface area contributed by atoms with Gasteiger partial charge in [-0.05, 0) is 37.5 Å². The summed E-state index contributed by atoms with van der Waals surface area (Å²) in [4.78, 5) is -0.162. The van der Waals surface area contributed by atoms with E-state index in [0.717, 1.165) is 6.07 Å². The van der Waals surface area contributed by atoms with Gasteiger partial charge < -0.3 is 10.5 Å². The molecule has 0 aliphatic heterocycles. The van der Waals surface area contributed by atoms with Crippen molar-refractivity contribution in [3.05, 3.63) is 28.5 Å². The molecule has 21 heavy (non-hydrogen) atoms. The van der Waals surface area contributed by atoms with Crippen molar-refractivity contribution in [1.82, 2.24) is 4.72 Å². The van der Waals surface area contributed by atoms with Crippen LogP contribution < -0.4 is 10.5 Å². The third-order valence-electron chi connectivity index (χ3n) is 3.43. The SMILES string of the molecule is CCOC1CC(NS(=O)(=O)c2cc(F)c(Cl)c(CN)c2)C1. The Balaban J connectivity index is 2.12. The molecular formula is C13H18ClFN2O3S. The summed E-state index contributed by atoms with van der Waals surface area (Å²) in [7, 11) is -3.79. The Kier molecular flexibility index (Phi) is 5.21. The van der Waals surface area contributed by atoms with Gasteiger partial charge in [-0.2, -0.15) is 0 Å². The summed E-state index contributed by atoms with van der Waals surface area (Å²) in [6.45, 7) is 2.46. The quantitative estimate of drug-likeness (QED) is 0.829. The molecule has 1 fully saturated rings. The number of ether oxygens (including phenoxy) is 1. The zero-order valence-electron chi connectivity index (χ0n) is 11.6. The van der Waals surface area contributed by atoms with Crippen molar-refractivity contribution in [2.24, 2.45) is 5.73 Å². The third-order valence-corrected chi connectivity index (χ3v) is 5.35. The molecule has 1 aromatic carbocycles. The van der Waals surface area contributed by atoms with E-state index in [1.54, 1.807) is 0 Å². The monoisotopic (exact) mass is 336 g/mol. The van der Waals surface area contributed by atoms with E-state index >= 15 is 0 Å². The van der Waals surface area contributed by atoms with E-state index in [4.69, 9.17) is 22.1 Å². The van der Waals surface area contributed by atoms with E-state index in [9.17, 15) is 12.8 Å². The van der Waals surface area contributed by atoms with Crippen LogP contribution in [0.15, 0.2) is 17.0 Å². The lowest BCUT2D eigenvalue weighted by molar-refractivity contribution is -0.00476. The molecule has 1 aliphatic carbocycles. The highest BCUT2D eigenvalue weighted by atomic mass is 35.5. The predicted octanol–water partition coefficient (Wildman–Crippen LogP) is 1.78. The standard InChI is InChI=1S/C13H18ClFN2O3S/c1-2-20-10-4-9(5-10)17-21(18,19)11-3-8(7-16)13(14)12(15)6-11/h3,6,9-10,17H,2,4-5,7,16H2,1H3. The number of halogens is 2. The molecule has 0 saturated heterocycles. The third kappa shape index (κ3) is 3.73. The van der Waals surface area contributed by atoms with Gasteiger partial charge in [0.15, 0.2) is 0 Å². The summed E-state index contributed by atoms with van der Waals surface area (Å²) in [5.41, 5.74) is 5.70. The second kappa shape index (κ2) is 6.58. The van der Waals surface area contributed by atoms with Crippen LogP contribution >= 0.6 is 11.6 Å². The van der Waals surface area contributed by atoms with Gasteiger partial charge in [-0.1, -0.05) is 11.6 Å². The minimum absolute atomic E-state index is 0.0328. The Hall–Kier alpha value is -0.730. The second-order valence-corrected chi connectivity index (χ2v) is 7.04. The number of rotatable bonds is 6. The molecular weight excluding hydrogens is 319 g/mol. The van der Waals surface area contributed by atoms with Gasteiger partial charge in [-0.25, -0.2) is 17.5 Å². The normalized spacial score (nSPS) is 22.1. The molecule has 5 nitrogen and oxygen atoms in total. The summed E-state index contributed by atoms with van der Waals surface area (Å²) < 4.78 is 46.0. The maximum Gasteiger partial charge on any atom is 0.240 e. The fraction of sp³-hybridized carbons (Fsp3) is 0.538. The predicted molar refractivity (Wildman–Crippen MR) is 78.1 cm³/mol. The fourth-order valence-electron chi connectivity index (χ4n) is 2.24. The molecule has 0 aromatic heterocycles. The van der Waals surface area contributed by atoms with E-state index in [1.807, 2.05) is 6.92 Å². The van der Waals surface area contributed by atoms with E-state index in [-0.39, 0.29) is 34.2 Å². The van der Waals surface area contributed by atoms with Crippen LogP contribution in [0.5, 0.6) is 0 Å². The van der Waals surface area contributed by atoms with Gasteiger partial charge >= 0.3 is 0 Å². The maximum atomic E-state index is 13.7. The molecule has 8 heteroatoms. The highest BCUT2D eigenvalue weighted by Crippen LogP contribution is 2.27. The summed E-state index contributed by atoms with van der Waals surface area (Å²) in [5, 5.41) is -0.142. The Morgan fingerprint density at radius 3 is 2.71 bits per heavy atom. The molecule has 0 unspecified atom stereocenters. The van der Waals surface area contributed by atoms with Crippen LogP contribution in [-0.4, -0.2) is 27.2 Å². The van der Waals surface area contributed by atoms with Crippen molar-refractivity contribution in [2.75, 3.05) is 6.61 Å². The topological polar surface area (TPSA) is 81.4 Å². The van der Waals surface area contributed by atoms with Crippen molar-refractivity contribution < 1.29 is 17.5 Å². The molecule has 0 spiro atoms. The first-order valence-corrected chi connectivity index (χ1v) is 8.55. The summed E-state index contributed by atoms with van der Waals surface area (Å²) in [6.07, 6.45) is 1.32. The average Bonchev–Trinajstić information content (AvgIpc) is 2.39. The van der Waals surface area contributed by atoms with Crippen molar-refractivity contribution >= 4 is 21.6 Å². The molecule has 0 heterocycles. The average molecular weight is 337 g/mol. The zero-order valence-corrected chi connectivity index (χ0v) is 13.2. The van der Waals surface area contributed by atoms with Crippen LogP contribution in [0, 0.1) is 5.82 Å². The maximum absolute atomic E-state index is 13.7. The first-order chi connectivity index (χ1) is 9.87. The Morgan fingerprint density at radius 2 is 2.14 bits per heavy atom. The number of sulfonamides is 1. The van der Waals surface area contributed by atoms with Crippen molar-refractivity contribution in [3.63, 3.8) is 0 Å². The van der Waals surface area contributed by atoms with E-state index in [1.165, 1.54) is 6.07 Å². The van der Waals surface area contributed by atoms with Crippen LogP contribution in [-0.2, 0) is 21.3 Å². The first kappa shape index (κ1) is 16.6. The molecule has 118 valence electrons. The van der Waals surface area contributed by atoms with E-state index < -0.39 is 15.8 Å². The molecule has 3 N–H and O–H groups in total. The molecule has 0 atom stereocenters. The van der Waals surface area contributed by atoms with Crippen LogP contribution in [0.1, 0.15) is 25.3 Å². The molecule has 0 radical (unpaired) electrons. The molecule has 2 rings (SSSR count). The van der Waals surface area contributed by atoms with Crippen LogP contribution in [0.3, 0.4) is 0 Å². The Labute approximate surface area is 128 Å². The van der Waals surface area contributed by atoms with Crippen LogP contribution in [0.4, 0.5) is 4.39 Å². The van der Waals surface area contributed by atoms with E-state index in [2.05, 4.69) is 4.72 Å². The second-order valence-electron chi connectivity index (χ2n) is 4.95. The van der Waals surface area contributed by atoms with Gasteiger partial charge in [-0.15, -0.1) is 0 Å². The molecule has 1 aromatic rings. The number of nitrogens with two attached hydrogens (primary N) is 1. The van der Waals surface area contributed by atoms with Crippen LogP contribution in [0.2, 0.25) is 5.02 Å². The Morgan fingerprint density at radius 1 is 1.48 bits per heavy atom. The van der Waals surface area contributed by atoms with Gasteiger partial charge in [0.05, 0.1) is 16.0 Å². The van der Waals surface area contributed by atoms with Crippen molar-refractivity contribution in [3.8, 4) is 0 Å². The molecule has 0 amide bonds. The largest absolute Gasteiger partial charge is 0.378 e. The Bertz CT molecular complexity index is 618. The summed E-state index contributed by atoms with van der Waals surface area (Å²) in [5.74, 6) is -0.791. The fourth-order valence-corrected chi connectivity index (χ4v) is 3.75. The zero-order chi connectivity index (χ0) is 15.6. The van der Waals surface area contributed by atoms with Crippen molar-refractivity contribution in [1.29, 1.82) is 0 Å². The molecule has 1 saturated carbocycles. The highest BCUT2D eigenvalue weighted by molar-refractivity contribution is 7.89. The van der Waals surface area contributed by atoms with Gasteiger partial charge in [0.2, 0.25) is 10.0 Å². The lowest BCUT2D eigenvalue weighted by Crippen LogP contribution is -2.47. The number of hydrogen-bond acceptors (Lipinski definition) is 4. The number of hydrogen-bond donors (Lipinski definition) is 2. The van der Waals surface area contributed by atoms with Gasteiger partial charge in [0, 0.05) is 19.2 Å². The van der Waals surface area contributed by atoms with Gasteiger partial charge in [0.1, 0.15) is 5.82 Å². The minimum Gasteiger partial charge on any atom is -0.378 e. The first-order valence-electron chi connectivity index (χ1n) is 6.69. The van der Waals surface area contributed by atoms with Crippen molar-refractivity contribution in [2.45, 2.75) is 43.4 Å². The van der Waals surface area contributed by atoms with Gasteiger partial charge in [0.25, 0.3) is 0 Å². The summed E-state index contributed by atoms with van der Waals surface area (Å²) >= 11 is 5.73. The summed E-state index contributed by atoms with van der Waals surface area (Å²) in [6, 6.07) is 2.02. The molecule has 0 bridgehead atoms. The molecule has 1 aliphatic rings. The number of benzene rings is 1. The lowest BCUT2D eigenvalue weighted by Gasteiger charge is -2.35. The van der Waals surface area contributed by atoms with Crippen LogP contribution in [0.25, 0.3) is 0 Å². The van der Waals surface area contributed by atoms with Gasteiger partial charge in [-0.3, -0.25) is 0 Å². The smallest absolute Gasteiger partial charge is 0.240 e.